The van der Waals surface area contributed by atoms with Crippen LogP contribution < -0.4 is 5.73 Å². The standard InChI is InChI=1S/C10H18N2S2/c1-8(2)5-13-7-10-12-9(3-4-11)6-14-10/h6,8H,3-5,7,11H2,1-2H3. The van der Waals surface area contributed by atoms with E-state index in [0.29, 0.717) is 6.54 Å². The lowest BCUT2D eigenvalue weighted by molar-refractivity contribution is 0.750. The normalized spacial score (nSPS) is 11.1. The minimum Gasteiger partial charge on any atom is -0.330 e. The molecule has 80 valence electrons. The minimum atomic E-state index is 0.697. The summed E-state index contributed by atoms with van der Waals surface area (Å²) in [5.74, 6) is 3.03. The van der Waals surface area contributed by atoms with E-state index in [1.54, 1.807) is 11.3 Å². The number of hydrogen-bond donors (Lipinski definition) is 1. The number of nitrogens with two attached hydrogens (primary N) is 1. The summed E-state index contributed by atoms with van der Waals surface area (Å²) in [5.41, 5.74) is 6.62. The summed E-state index contributed by atoms with van der Waals surface area (Å²) < 4.78 is 0. The Morgan fingerprint density at radius 3 is 3.00 bits per heavy atom. The van der Waals surface area contributed by atoms with Crippen LogP contribution in [0.15, 0.2) is 5.38 Å². The first-order chi connectivity index (χ1) is 6.72. The van der Waals surface area contributed by atoms with Crippen LogP contribution in [0.1, 0.15) is 24.5 Å². The molecule has 0 atom stereocenters. The highest BCUT2D eigenvalue weighted by molar-refractivity contribution is 7.98. The van der Waals surface area contributed by atoms with Gasteiger partial charge in [-0.05, 0) is 18.2 Å². The summed E-state index contributed by atoms with van der Waals surface area (Å²) in [6.45, 7) is 5.19. The molecule has 0 spiro atoms. The van der Waals surface area contributed by atoms with Gasteiger partial charge >= 0.3 is 0 Å². The lowest BCUT2D eigenvalue weighted by atomic mass is 10.3. The monoisotopic (exact) mass is 230 g/mol. The minimum absolute atomic E-state index is 0.697. The van der Waals surface area contributed by atoms with E-state index < -0.39 is 0 Å². The molecule has 1 rings (SSSR count). The Balaban J connectivity index is 2.28. The predicted molar refractivity (Wildman–Crippen MR) is 65.9 cm³/mol. The largest absolute Gasteiger partial charge is 0.330 e. The molecule has 2 nitrogen and oxygen atoms in total. The van der Waals surface area contributed by atoms with Crippen molar-refractivity contribution in [3.05, 3.63) is 16.1 Å². The van der Waals surface area contributed by atoms with Crippen molar-refractivity contribution in [2.45, 2.75) is 26.0 Å². The van der Waals surface area contributed by atoms with E-state index in [2.05, 4.69) is 24.2 Å². The molecule has 1 heterocycles. The molecule has 14 heavy (non-hydrogen) atoms. The van der Waals surface area contributed by atoms with Crippen molar-refractivity contribution < 1.29 is 0 Å². The van der Waals surface area contributed by atoms with Crippen LogP contribution in [0.2, 0.25) is 0 Å². The highest BCUT2D eigenvalue weighted by Crippen LogP contribution is 2.18. The fourth-order valence-electron chi connectivity index (χ4n) is 1.06. The van der Waals surface area contributed by atoms with Gasteiger partial charge < -0.3 is 5.73 Å². The van der Waals surface area contributed by atoms with Gasteiger partial charge in [0.15, 0.2) is 0 Å². The Bertz CT molecular complexity index is 258. The smallest absolute Gasteiger partial charge is 0.103 e. The van der Waals surface area contributed by atoms with E-state index in [4.69, 9.17) is 5.73 Å². The number of nitrogens with zero attached hydrogens (tertiary/aromatic N) is 1. The molecule has 0 radical (unpaired) electrons. The Hall–Kier alpha value is -0.0600. The Labute approximate surface area is 94.3 Å². The molecule has 0 aliphatic rings. The lowest BCUT2D eigenvalue weighted by Gasteiger charge is -2.01. The van der Waals surface area contributed by atoms with Crippen molar-refractivity contribution in [2.24, 2.45) is 11.7 Å². The molecular formula is C10H18N2S2. The molecule has 0 saturated carbocycles. The van der Waals surface area contributed by atoms with E-state index in [1.807, 2.05) is 11.8 Å². The molecular weight excluding hydrogens is 212 g/mol. The molecule has 1 aromatic heterocycles. The Morgan fingerprint density at radius 1 is 1.57 bits per heavy atom. The van der Waals surface area contributed by atoms with E-state index in [-0.39, 0.29) is 0 Å². The van der Waals surface area contributed by atoms with Crippen molar-refractivity contribution in [1.29, 1.82) is 0 Å². The topological polar surface area (TPSA) is 38.9 Å². The quantitative estimate of drug-likeness (QED) is 0.816. The predicted octanol–water partition coefficient (Wildman–Crippen LogP) is 2.53. The highest BCUT2D eigenvalue weighted by Gasteiger charge is 2.02. The van der Waals surface area contributed by atoms with E-state index in [0.717, 1.165) is 23.8 Å². The fraction of sp³-hybridized carbons (Fsp3) is 0.700. The zero-order valence-corrected chi connectivity index (χ0v) is 10.5. The first-order valence-corrected chi connectivity index (χ1v) is 6.97. The molecule has 1 aromatic rings. The number of thioether (sulfide) groups is 1. The molecule has 0 fully saturated rings. The van der Waals surface area contributed by atoms with Crippen LogP contribution in [0.3, 0.4) is 0 Å². The van der Waals surface area contributed by atoms with Crippen LogP contribution in [-0.2, 0) is 12.2 Å². The summed E-state index contributed by atoms with van der Waals surface area (Å²) >= 11 is 3.72. The fourth-order valence-corrected chi connectivity index (χ4v) is 3.02. The average Bonchev–Trinajstić information content (AvgIpc) is 2.53. The first kappa shape index (κ1) is 12.0. The number of thiazole rings is 1. The second-order valence-corrected chi connectivity index (χ2v) is 5.65. The van der Waals surface area contributed by atoms with Crippen LogP contribution in [0.4, 0.5) is 0 Å². The maximum Gasteiger partial charge on any atom is 0.103 e. The molecule has 0 saturated heterocycles. The van der Waals surface area contributed by atoms with Gasteiger partial charge in [0.25, 0.3) is 0 Å². The van der Waals surface area contributed by atoms with Gasteiger partial charge in [0.05, 0.1) is 5.69 Å². The van der Waals surface area contributed by atoms with Crippen LogP contribution in [0, 0.1) is 5.92 Å². The first-order valence-electron chi connectivity index (χ1n) is 4.93. The van der Waals surface area contributed by atoms with Crippen molar-refractivity contribution in [1.82, 2.24) is 4.98 Å². The van der Waals surface area contributed by atoms with Crippen LogP contribution in [-0.4, -0.2) is 17.3 Å². The molecule has 0 aromatic carbocycles. The number of rotatable bonds is 6. The maximum absolute atomic E-state index is 5.47. The van der Waals surface area contributed by atoms with Gasteiger partial charge in [-0.2, -0.15) is 11.8 Å². The van der Waals surface area contributed by atoms with Gasteiger partial charge in [-0.25, -0.2) is 4.98 Å². The lowest BCUT2D eigenvalue weighted by Crippen LogP contribution is -2.02. The second-order valence-electron chi connectivity index (χ2n) is 3.68. The zero-order chi connectivity index (χ0) is 10.4. The molecule has 4 heteroatoms. The van der Waals surface area contributed by atoms with Gasteiger partial charge in [-0.1, -0.05) is 13.8 Å². The SMILES string of the molecule is CC(C)CSCc1nc(CCN)cs1. The average molecular weight is 230 g/mol. The number of aromatic nitrogens is 1. The van der Waals surface area contributed by atoms with Crippen molar-refractivity contribution in [3.63, 3.8) is 0 Å². The van der Waals surface area contributed by atoms with Gasteiger partial charge in [0.1, 0.15) is 5.01 Å². The summed E-state index contributed by atoms with van der Waals surface area (Å²) in [6, 6.07) is 0. The third kappa shape index (κ3) is 4.44. The van der Waals surface area contributed by atoms with Gasteiger partial charge in [0, 0.05) is 17.6 Å². The van der Waals surface area contributed by atoms with E-state index in [9.17, 15) is 0 Å². The third-order valence-electron chi connectivity index (χ3n) is 1.68. The zero-order valence-electron chi connectivity index (χ0n) is 8.82. The molecule has 2 N–H and O–H groups in total. The summed E-state index contributed by atoms with van der Waals surface area (Å²) in [5, 5.41) is 3.36. The summed E-state index contributed by atoms with van der Waals surface area (Å²) in [4.78, 5) is 4.51. The second kappa shape index (κ2) is 6.43. The Morgan fingerprint density at radius 2 is 2.36 bits per heavy atom. The van der Waals surface area contributed by atoms with Crippen molar-refractivity contribution >= 4 is 23.1 Å². The van der Waals surface area contributed by atoms with Crippen LogP contribution >= 0.6 is 23.1 Å². The molecule has 0 unspecified atom stereocenters. The summed E-state index contributed by atoms with van der Waals surface area (Å²) in [6.07, 6.45) is 0.908. The number of hydrogen-bond acceptors (Lipinski definition) is 4. The third-order valence-corrected chi connectivity index (χ3v) is 4.14. The van der Waals surface area contributed by atoms with Gasteiger partial charge in [0.2, 0.25) is 0 Å². The molecule has 0 amide bonds. The van der Waals surface area contributed by atoms with E-state index in [1.165, 1.54) is 10.8 Å². The van der Waals surface area contributed by atoms with Crippen molar-refractivity contribution in [3.8, 4) is 0 Å². The van der Waals surface area contributed by atoms with Gasteiger partial charge in [-0.15, -0.1) is 11.3 Å². The van der Waals surface area contributed by atoms with Crippen LogP contribution in [0.25, 0.3) is 0 Å². The van der Waals surface area contributed by atoms with Crippen molar-refractivity contribution in [2.75, 3.05) is 12.3 Å². The van der Waals surface area contributed by atoms with Gasteiger partial charge in [-0.3, -0.25) is 0 Å². The molecule has 0 bridgehead atoms. The Kier molecular flexibility index (Phi) is 5.52. The maximum atomic E-state index is 5.47. The molecule has 0 aliphatic heterocycles. The van der Waals surface area contributed by atoms with E-state index >= 15 is 0 Å². The molecule has 0 aliphatic carbocycles. The highest BCUT2D eigenvalue weighted by atomic mass is 32.2. The summed E-state index contributed by atoms with van der Waals surface area (Å²) in [7, 11) is 0. The van der Waals surface area contributed by atoms with Crippen LogP contribution in [0.5, 0.6) is 0 Å².